The van der Waals surface area contributed by atoms with Crippen LogP contribution in [0.2, 0.25) is 0 Å². The predicted octanol–water partition coefficient (Wildman–Crippen LogP) is 5.72. The van der Waals surface area contributed by atoms with E-state index in [4.69, 9.17) is 5.73 Å². The van der Waals surface area contributed by atoms with Gasteiger partial charge in [-0.05, 0) is 86.1 Å². The van der Waals surface area contributed by atoms with Crippen LogP contribution in [0.25, 0.3) is 10.9 Å². The maximum absolute atomic E-state index is 13.8. The Balaban J connectivity index is 1.51. The van der Waals surface area contributed by atoms with Crippen LogP contribution in [0.4, 0.5) is 4.39 Å². The Morgan fingerprint density at radius 3 is 2.54 bits per heavy atom. The van der Waals surface area contributed by atoms with Crippen molar-refractivity contribution in [3.63, 3.8) is 0 Å². The van der Waals surface area contributed by atoms with Gasteiger partial charge in [-0.25, -0.2) is 4.39 Å². The van der Waals surface area contributed by atoms with Gasteiger partial charge in [0.15, 0.2) is 0 Å². The van der Waals surface area contributed by atoms with Crippen LogP contribution in [0.1, 0.15) is 76.2 Å². The Labute approximate surface area is 166 Å². The number of nitrogens with zero attached hydrogens (tertiary/aromatic N) is 1. The number of primary amides is 1. The highest BCUT2D eigenvalue weighted by Gasteiger charge is 2.46. The summed E-state index contributed by atoms with van der Waals surface area (Å²) in [6.07, 6.45) is 11.6. The number of carbonyl (C=O) groups is 1. The number of fused-ring (bicyclic) bond motifs is 1. The fourth-order valence-electron chi connectivity index (χ4n) is 5.99. The van der Waals surface area contributed by atoms with Crippen molar-refractivity contribution >= 4 is 16.8 Å². The molecule has 1 heterocycles. The number of hydrogen-bond donors (Lipinski definition) is 1. The largest absolute Gasteiger partial charge is 0.369 e. The maximum Gasteiger partial charge on any atom is 0.223 e. The van der Waals surface area contributed by atoms with Crippen molar-refractivity contribution in [2.75, 3.05) is 0 Å². The number of amides is 1. The molecule has 0 aliphatic heterocycles. The zero-order chi connectivity index (χ0) is 19.7. The molecule has 1 aromatic heterocycles. The van der Waals surface area contributed by atoms with Gasteiger partial charge in [-0.3, -0.25) is 9.78 Å². The molecule has 2 aliphatic carbocycles. The zero-order valence-electron chi connectivity index (χ0n) is 16.8. The van der Waals surface area contributed by atoms with Gasteiger partial charge in [0.25, 0.3) is 0 Å². The molecule has 2 N–H and O–H groups in total. The quantitative estimate of drug-likeness (QED) is 0.735. The molecule has 0 unspecified atom stereocenters. The molecule has 0 bridgehead atoms. The van der Waals surface area contributed by atoms with E-state index in [0.29, 0.717) is 17.8 Å². The maximum atomic E-state index is 13.8. The lowest BCUT2D eigenvalue weighted by Gasteiger charge is -2.45. The lowest BCUT2D eigenvalue weighted by atomic mass is 9.59. The molecule has 2 aliphatic rings. The van der Waals surface area contributed by atoms with E-state index >= 15 is 0 Å². The standard InChI is InChI=1S/C24H31FN2O/c1-16(24(23(26)28)12-3-2-4-13-24)17-5-7-18(8-6-17)20-11-14-27-22-10-9-19(25)15-21(20)22/h9-11,14-18H,2-8,12-13H2,1H3,(H2,26,28)/t16-,17?,18?/m1/s1. The van der Waals surface area contributed by atoms with Crippen LogP contribution in [0.3, 0.4) is 0 Å². The van der Waals surface area contributed by atoms with E-state index in [1.54, 1.807) is 12.1 Å². The summed E-state index contributed by atoms with van der Waals surface area (Å²) >= 11 is 0. The summed E-state index contributed by atoms with van der Waals surface area (Å²) in [7, 11) is 0. The third kappa shape index (κ3) is 3.42. The summed E-state index contributed by atoms with van der Waals surface area (Å²) in [5.41, 5.74) is 7.71. The summed E-state index contributed by atoms with van der Waals surface area (Å²) in [5, 5.41) is 0.944. The van der Waals surface area contributed by atoms with Gasteiger partial charge < -0.3 is 5.73 Å². The van der Waals surface area contributed by atoms with Gasteiger partial charge in [0, 0.05) is 11.6 Å². The second-order valence-electron chi connectivity index (χ2n) is 9.04. The van der Waals surface area contributed by atoms with Crippen molar-refractivity contribution in [3.05, 3.63) is 41.8 Å². The van der Waals surface area contributed by atoms with Crippen LogP contribution in [-0.4, -0.2) is 10.9 Å². The molecular formula is C24H31FN2O. The van der Waals surface area contributed by atoms with Crippen molar-refractivity contribution in [2.24, 2.45) is 23.0 Å². The number of aromatic nitrogens is 1. The van der Waals surface area contributed by atoms with Crippen molar-refractivity contribution in [1.82, 2.24) is 4.98 Å². The highest BCUT2D eigenvalue weighted by molar-refractivity contribution is 5.82. The van der Waals surface area contributed by atoms with Gasteiger partial charge in [-0.15, -0.1) is 0 Å². The monoisotopic (exact) mass is 382 g/mol. The highest BCUT2D eigenvalue weighted by Crippen LogP contribution is 2.50. The van der Waals surface area contributed by atoms with Gasteiger partial charge in [0.1, 0.15) is 5.82 Å². The van der Waals surface area contributed by atoms with Gasteiger partial charge in [0.05, 0.1) is 10.9 Å². The number of benzene rings is 1. The molecule has 28 heavy (non-hydrogen) atoms. The molecule has 1 amide bonds. The second kappa shape index (κ2) is 7.81. The van der Waals surface area contributed by atoms with E-state index in [9.17, 15) is 9.18 Å². The summed E-state index contributed by atoms with van der Waals surface area (Å²) in [4.78, 5) is 16.8. The average Bonchev–Trinajstić information content (AvgIpc) is 2.73. The molecule has 4 heteroatoms. The first-order valence-corrected chi connectivity index (χ1v) is 10.9. The van der Waals surface area contributed by atoms with E-state index < -0.39 is 0 Å². The van der Waals surface area contributed by atoms with E-state index in [1.807, 2.05) is 6.20 Å². The highest BCUT2D eigenvalue weighted by atomic mass is 19.1. The van der Waals surface area contributed by atoms with Gasteiger partial charge in [-0.1, -0.05) is 26.2 Å². The van der Waals surface area contributed by atoms with Gasteiger partial charge in [-0.2, -0.15) is 0 Å². The van der Waals surface area contributed by atoms with E-state index in [2.05, 4.69) is 18.0 Å². The minimum absolute atomic E-state index is 0.0857. The number of halogens is 1. The molecule has 1 atom stereocenters. The van der Waals surface area contributed by atoms with Crippen molar-refractivity contribution in [3.8, 4) is 0 Å². The lowest BCUT2D eigenvalue weighted by molar-refractivity contribution is -0.135. The molecule has 0 spiro atoms. The minimum Gasteiger partial charge on any atom is -0.369 e. The van der Waals surface area contributed by atoms with Crippen molar-refractivity contribution in [2.45, 2.75) is 70.6 Å². The van der Waals surface area contributed by atoms with Crippen LogP contribution in [0, 0.1) is 23.1 Å². The Hall–Kier alpha value is -1.97. The normalized spacial score (nSPS) is 26.1. The third-order valence-corrected chi connectivity index (χ3v) is 7.76. The fraction of sp³-hybridized carbons (Fsp3) is 0.583. The Bertz CT molecular complexity index is 851. The summed E-state index contributed by atoms with van der Waals surface area (Å²) in [6, 6.07) is 6.92. The molecule has 0 radical (unpaired) electrons. The predicted molar refractivity (Wildman–Crippen MR) is 110 cm³/mol. The lowest BCUT2D eigenvalue weighted by Crippen LogP contribution is -2.46. The minimum atomic E-state index is -0.303. The van der Waals surface area contributed by atoms with Crippen LogP contribution >= 0.6 is 0 Å². The smallest absolute Gasteiger partial charge is 0.223 e. The molecule has 3 nitrogen and oxygen atoms in total. The first kappa shape index (κ1) is 19.4. The Morgan fingerprint density at radius 1 is 1.14 bits per heavy atom. The fourth-order valence-corrected chi connectivity index (χ4v) is 5.99. The van der Waals surface area contributed by atoms with Crippen LogP contribution in [0.15, 0.2) is 30.5 Å². The number of hydrogen-bond acceptors (Lipinski definition) is 2. The first-order chi connectivity index (χ1) is 13.5. The number of rotatable bonds is 4. The van der Waals surface area contributed by atoms with Gasteiger partial charge in [0.2, 0.25) is 5.91 Å². The molecule has 2 saturated carbocycles. The first-order valence-electron chi connectivity index (χ1n) is 10.9. The van der Waals surface area contributed by atoms with Crippen molar-refractivity contribution < 1.29 is 9.18 Å². The molecule has 2 aromatic rings. The average molecular weight is 383 g/mol. The second-order valence-corrected chi connectivity index (χ2v) is 9.04. The van der Waals surface area contributed by atoms with Crippen LogP contribution in [-0.2, 0) is 4.79 Å². The number of carbonyl (C=O) groups excluding carboxylic acids is 1. The zero-order valence-corrected chi connectivity index (χ0v) is 16.8. The van der Waals surface area contributed by atoms with Crippen molar-refractivity contribution in [1.29, 1.82) is 0 Å². The van der Waals surface area contributed by atoms with E-state index in [0.717, 1.165) is 62.3 Å². The van der Waals surface area contributed by atoms with Crippen LogP contribution in [0.5, 0.6) is 0 Å². The molecule has 150 valence electrons. The topological polar surface area (TPSA) is 56.0 Å². The van der Waals surface area contributed by atoms with Crippen LogP contribution < -0.4 is 5.73 Å². The van der Waals surface area contributed by atoms with E-state index in [-0.39, 0.29) is 17.1 Å². The molecule has 2 fully saturated rings. The summed E-state index contributed by atoms with van der Waals surface area (Å²) in [5.74, 6) is 1.04. The summed E-state index contributed by atoms with van der Waals surface area (Å²) < 4.78 is 13.8. The SMILES string of the molecule is C[C@H](C1CCC(c2ccnc3ccc(F)cc23)CC1)C1(C(N)=O)CCCCC1. The summed E-state index contributed by atoms with van der Waals surface area (Å²) in [6.45, 7) is 2.26. The Morgan fingerprint density at radius 2 is 1.86 bits per heavy atom. The number of pyridine rings is 1. The molecule has 0 saturated heterocycles. The third-order valence-electron chi connectivity index (χ3n) is 7.76. The van der Waals surface area contributed by atoms with Gasteiger partial charge >= 0.3 is 0 Å². The molecule has 1 aromatic carbocycles. The molecular weight excluding hydrogens is 351 g/mol. The Kier molecular flexibility index (Phi) is 5.39. The van der Waals surface area contributed by atoms with E-state index in [1.165, 1.54) is 18.1 Å². The molecule has 4 rings (SSSR count). The number of nitrogens with two attached hydrogens (primary N) is 1.